The van der Waals surface area contributed by atoms with Gasteiger partial charge in [0, 0.05) is 34.8 Å². The van der Waals surface area contributed by atoms with Crippen LogP contribution in [0.15, 0.2) is 94.4 Å². The summed E-state index contributed by atoms with van der Waals surface area (Å²) >= 11 is 1.41. The Balaban J connectivity index is 1.50. The number of aromatic nitrogens is 2. The van der Waals surface area contributed by atoms with Crippen molar-refractivity contribution in [2.75, 3.05) is 0 Å². The number of allylic oxidation sites excluding steroid dienone is 1. The first-order valence-electron chi connectivity index (χ1n) is 12.6. The zero-order valence-corrected chi connectivity index (χ0v) is 21.1. The fourth-order valence-electron chi connectivity index (χ4n) is 5.79. The Hall–Kier alpha value is -4.03. The van der Waals surface area contributed by atoms with E-state index in [0.717, 1.165) is 58.2 Å². The molecule has 2 aromatic heterocycles. The number of rotatable bonds is 3. The summed E-state index contributed by atoms with van der Waals surface area (Å²) < 4.78 is 19.0. The smallest absolute Gasteiger partial charge is 0.271 e. The summed E-state index contributed by atoms with van der Waals surface area (Å²) in [6.07, 6.45) is 5.74. The average Bonchev–Trinajstić information content (AvgIpc) is 3.44. The van der Waals surface area contributed by atoms with Crippen LogP contribution in [0.25, 0.3) is 22.7 Å². The molecule has 37 heavy (non-hydrogen) atoms. The second-order valence-electron chi connectivity index (χ2n) is 9.56. The molecule has 0 saturated carbocycles. The highest BCUT2D eigenvalue weighted by Crippen LogP contribution is 2.41. The molecule has 1 aliphatic carbocycles. The van der Waals surface area contributed by atoms with Gasteiger partial charge in [-0.25, -0.2) is 9.38 Å². The molecule has 2 aliphatic rings. The summed E-state index contributed by atoms with van der Waals surface area (Å²) in [6.45, 7) is 2.97. The Kier molecular flexibility index (Phi) is 5.11. The standard InChI is InChI=1S/C31H24FN3OS/c1-2-34-18-21(23-11-5-6-13-26(23)34)17-27-30(36)35-29(20-9-7-10-22(32)16-20)25-15-14-19-8-3-4-12-24(19)28(25)33-31(35)37-27/h3-13,16-18,29H,2,14-15H2,1H3/b27-17+. The minimum atomic E-state index is -0.380. The summed E-state index contributed by atoms with van der Waals surface area (Å²) in [7, 11) is 0. The summed E-state index contributed by atoms with van der Waals surface area (Å²) in [5, 5.41) is 1.12. The SMILES string of the molecule is CCn1cc(/C=c2/sc3n(c2=O)C(c2cccc(F)c2)C2=C(N=3)c3ccccc3CC2)c2ccccc21. The zero-order valence-electron chi connectivity index (χ0n) is 20.3. The van der Waals surface area contributed by atoms with E-state index in [2.05, 4.69) is 48.0 Å². The first-order chi connectivity index (χ1) is 18.1. The van der Waals surface area contributed by atoms with Crippen LogP contribution in [0.4, 0.5) is 4.39 Å². The number of hydrogen-bond acceptors (Lipinski definition) is 3. The Bertz CT molecular complexity index is 1920. The molecular formula is C31H24FN3OS. The quantitative estimate of drug-likeness (QED) is 0.322. The lowest BCUT2D eigenvalue weighted by Crippen LogP contribution is -2.38. The largest absolute Gasteiger partial charge is 0.347 e. The highest BCUT2D eigenvalue weighted by atomic mass is 32.1. The summed E-state index contributed by atoms with van der Waals surface area (Å²) in [4.78, 5) is 19.7. The third kappa shape index (κ3) is 3.47. The van der Waals surface area contributed by atoms with Gasteiger partial charge in [-0.05, 0) is 60.7 Å². The Morgan fingerprint density at radius 2 is 1.89 bits per heavy atom. The number of halogens is 1. The lowest BCUT2D eigenvalue weighted by molar-refractivity contribution is 0.574. The van der Waals surface area contributed by atoms with E-state index >= 15 is 0 Å². The topological polar surface area (TPSA) is 39.3 Å². The van der Waals surface area contributed by atoms with Crippen LogP contribution in [0.2, 0.25) is 0 Å². The van der Waals surface area contributed by atoms with Crippen molar-refractivity contribution in [2.24, 2.45) is 4.99 Å². The number of para-hydroxylation sites is 1. The van der Waals surface area contributed by atoms with Crippen molar-refractivity contribution in [2.45, 2.75) is 32.4 Å². The molecule has 1 unspecified atom stereocenters. The summed E-state index contributed by atoms with van der Waals surface area (Å²) in [6, 6.07) is 22.8. The fraction of sp³-hybridized carbons (Fsp3) is 0.161. The van der Waals surface area contributed by atoms with Gasteiger partial charge in [0.2, 0.25) is 0 Å². The van der Waals surface area contributed by atoms with E-state index in [9.17, 15) is 9.18 Å². The lowest BCUT2D eigenvalue weighted by Gasteiger charge is -2.30. The van der Waals surface area contributed by atoms with Gasteiger partial charge in [0.05, 0.1) is 16.3 Å². The number of aryl methyl sites for hydroxylation is 2. The molecule has 7 rings (SSSR count). The molecule has 0 saturated heterocycles. The Morgan fingerprint density at radius 3 is 2.76 bits per heavy atom. The van der Waals surface area contributed by atoms with E-state index in [1.54, 1.807) is 16.7 Å². The van der Waals surface area contributed by atoms with Gasteiger partial charge in [-0.1, -0.05) is 65.9 Å². The van der Waals surface area contributed by atoms with Crippen molar-refractivity contribution >= 4 is 34.0 Å². The minimum Gasteiger partial charge on any atom is -0.347 e. The van der Waals surface area contributed by atoms with E-state index in [1.165, 1.54) is 23.0 Å². The lowest BCUT2D eigenvalue weighted by atomic mass is 9.83. The maximum atomic E-state index is 14.4. The van der Waals surface area contributed by atoms with Crippen LogP contribution in [0.1, 0.15) is 41.6 Å². The molecule has 0 radical (unpaired) electrons. The van der Waals surface area contributed by atoms with Crippen LogP contribution in [-0.4, -0.2) is 9.13 Å². The molecule has 6 heteroatoms. The maximum absolute atomic E-state index is 14.4. The molecule has 0 fully saturated rings. The molecule has 1 atom stereocenters. The highest BCUT2D eigenvalue weighted by molar-refractivity contribution is 7.07. The summed E-state index contributed by atoms with van der Waals surface area (Å²) in [5.74, 6) is -0.303. The van der Waals surface area contributed by atoms with Crippen LogP contribution in [0.5, 0.6) is 0 Å². The monoisotopic (exact) mass is 505 g/mol. The zero-order chi connectivity index (χ0) is 25.1. The molecule has 4 nitrogen and oxygen atoms in total. The molecule has 1 aliphatic heterocycles. The van der Waals surface area contributed by atoms with Gasteiger partial charge in [0.15, 0.2) is 4.80 Å². The van der Waals surface area contributed by atoms with Crippen LogP contribution in [-0.2, 0) is 13.0 Å². The van der Waals surface area contributed by atoms with Crippen molar-refractivity contribution in [3.05, 3.63) is 132 Å². The molecule has 3 aromatic carbocycles. The van der Waals surface area contributed by atoms with Crippen molar-refractivity contribution in [1.29, 1.82) is 0 Å². The molecule has 3 heterocycles. The molecule has 182 valence electrons. The number of fused-ring (bicyclic) bond motifs is 4. The normalized spacial score (nSPS) is 16.9. The van der Waals surface area contributed by atoms with Gasteiger partial charge in [-0.15, -0.1) is 0 Å². The first kappa shape index (κ1) is 22.2. The third-order valence-electron chi connectivity index (χ3n) is 7.48. The Labute approximate surface area is 217 Å². The molecular weight excluding hydrogens is 481 g/mol. The Morgan fingerprint density at radius 1 is 1.05 bits per heavy atom. The van der Waals surface area contributed by atoms with Crippen LogP contribution >= 0.6 is 11.3 Å². The van der Waals surface area contributed by atoms with Crippen molar-refractivity contribution in [3.63, 3.8) is 0 Å². The molecule has 0 amide bonds. The van der Waals surface area contributed by atoms with Crippen molar-refractivity contribution < 1.29 is 4.39 Å². The maximum Gasteiger partial charge on any atom is 0.271 e. The highest BCUT2D eigenvalue weighted by Gasteiger charge is 2.32. The number of hydrogen-bond donors (Lipinski definition) is 0. The molecule has 5 aromatic rings. The number of nitrogens with zero attached hydrogens (tertiary/aromatic N) is 3. The predicted molar refractivity (Wildman–Crippen MR) is 147 cm³/mol. The number of thiazole rings is 1. The van der Waals surface area contributed by atoms with Crippen molar-refractivity contribution in [3.8, 4) is 0 Å². The van der Waals surface area contributed by atoms with E-state index in [-0.39, 0.29) is 17.4 Å². The van der Waals surface area contributed by atoms with E-state index in [4.69, 9.17) is 4.99 Å². The van der Waals surface area contributed by atoms with Gasteiger partial charge >= 0.3 is 0 Å². The minimum absolute atomic E-state index is 0.0863. The number of benzene rings is 3. The molecule has 0 spiro atoms. The third-order valence-corrected chi connectivity index (χ3v) is 8.47. The second-order valence-corrected chi connectivity index (χ2v) is 10.6. The van der Waals surface area contributed by atoms with Crippen LogP contribution in [0.3, 0.4) is 0 Å². The van der Waals surface area contributed by atoms with E-state index < -0.39 is 0 Å². The van der Waals surface area contributed by atoms with Gasteiger partial charge in [-0.3, -0.25) is 9.36 Å². The van der Waals surface area contributed by atoms with Gasteiger partial charge in [0.1, 0.15) is 5.82 Å². The van der Waals surface area contributed by atoms with Crippen LogP contribution < -0.4 is 14.9 Å². The predicted octanol–water partition coefficient (Wildman–Crippen LogP) is 5.43. The molecule has 0 bridgehead atoms. The van der Waals surface area contributed by atoms with Gasteiger partial charge < -0.3 is 4.57 Å². The first-order valence-corrected chi connectivity index (χ1v) is 13.4. The van der Waals surface area contributed by atoms with Gasteiger partial charge in [0.25, 0.3) is 5.56 Å². The van der Waals surface area contributed by atoms with Crippen molar-refractivity contribution in [1.82, 2.24) is 9.13 Å². The summed E-state index contributed by atoms with van der Waals surface area (Å²) in [5.41, 5.74) is 7.21. The van der Waals surface area contributed by atoms with E-state index in [1.807, 2.05) is 30.3 Å². The molecule has 0 N–H and O–H groups in total. The van der Waals surface area contributed by atoms with Gasteiger partial charge in [-0.2, -0.15) is 0 Å². The van der Waals surface area contributed by atoms with Crippen LogP contribution in [0, 0.1) is 5.82 Å². The average molecular weight is 506 g/mol. The second kappa shape index (κ2) is 8.53. The fourth-order valence-corrected chi connectivity index (χ4v) is 6.78. The van der Waals surface area contributed by atoms with E-state index in [0.29, 0.717) is 9.33 Å².